The van der Waals surface area contributed by atoms with Crippen LogP contribution in [0.1, 0.15) is 23.6 Å². The predicted octanol–water partition coefficient (Wildman–Crippen LogP) is 6.61. The lowest BCUT2D eigenvalue weighted by molar-refractivity contribution is -0.117. The highest BCUT2D eigenvalue weighted by atomic mass is 35.5. The highest BCUT2D eigenvalue weighted by Crippen LogP contribution is 2.39. The summed E-state index contributed by atoms with van der Waals surface area (Å²) in [4.78, 5) is 28.3. The van der Waals surface area contributed by atoms with Crippen LogP contribution in [0.3, 0.4) is 0 Å². The number of hydrogen-bond donors (Lipinski definition) is 1. The summed E-state index contributed by atoms with van der Waals surface area (Å²) in [5.74, 6) is 0.626. The van der Waals surface area contributed by atoms with Crippen molar-refractivity contribution < 1.29 is 28.2 Å². The van der Waals surface area contributed by atoms with Crippen molar-refractivity contribution >= 4 is 40.2 Å². The summed E-state index contributed by atoms with van der Waals surface area (Å²) in [6.07, 6.45) is 1.06. The zero-order valence-corrected chi connectivity index (χ0v) is 24.6. The van der Waals surface area contributed by atoms with Crippen LogP contribution in [0.5, 0.6) is 11.5 Å². The molecule has 224 valence electrons. The van der Waals surface area contributed by atoms with E-state index in [1.54, 1.807) is 71.4 Å². The first kappa shape index (κ1) is 29.0. The minimum atomic E-state index is -0.675. The summed E-state index contributed by atoms with van der Waals surface area (Å²) in [5, 5.41) is 8.66. The second-order valence-electron chi connectivity index (χ2n) is 10.2. The number of ether oxygens (including phenoxy) is 3. The number of nitrogens with zero attached hydrogens (tertiary/aromatic N) is 3. The van der Waals surface area contributed by atoms with Crippen LogP contribution in [-0.4, -0.2) is 42.0 Å². The fourth-order valence-corrected chi connectivity index (χ4v) is 5.70. The maximum atomic E-state index is 13.6. The van der Waals surface area contributed by atoms with E-state index in [9.17, 15) is 14.0 Å². The van der Waals surface area contributed by atoms with Crippen molar-refractivity contribution in [2.24, 2.45) is 0 Å². The Morgan fingerprint density at radius 1 is 1.00 bits per heavy atom. The number of rotatable bonds is 8. The molecule has 1 fully saturated rings. The van der Waals surface area contributed by atoms with Crippen LogP contribution in [0.25, 0.3) is 16.6 Å². The number of nitrogens with one attached hydrogen (secondary N) is 1. The average molecular weight is 615 g/mol. The number of benzene rings is 4. The van der Waals surface area contributed by atoms with Crippen LogP contribution in [0.15, 0.2) is 91.1 Å². The number of fused-ring (bicyclic) bond motifs is 1. The Balaban J connectivity index is 1.27. The monoisotopic (exact) mass is 614 g/mol. The van der Waals surface area contributed by atoms with E-state index in [4.69, 9.17) is 25.8 Å². The quantitative estimate of drug-likeness (QED) is 0.211. The molecular weight excluding hydrogens is 587 g/mol. The number of carbonyl (C=O) groups is 2. The molecule has 0 aliphatic carbocycles. The van der Waals surface area contributed by atoms with E-state index < -0.39 is 18.2 Å². The molecule has 6 rings (SSSR count). The molecule has 0 saturated carbocycles. The topological polar surface area (TPSA) is 94.9 Å². The molecule has 2 heterocycles. The molecule has 0 unspecified atom stereocenters. The van der Waals surface area contributed by atoms with Gasteiger partial charge >= 0.3 is 6.09 Å². The normalized spacial score (nSPS) is 16.3. The van der Waals surface area contributed by atoms with Crippen LogP contribution >= 0.6 is 11.6 Å². The van der Waals surface area contributed by atoms with Crippen LogP contribution in [0.2, 0.25) is 5.02 Å². The highest BCUT2D eigenvalue weighted by molar-refractivity contribution is 6.30. The molecule has 9 nitrogen and oxygen atoms in total. The largest absolute Gasteiger partial charge is 0.497 e. The van der Waals surface area contributed by atoms with Gasteiger partial charge in [-0.05, 0) is 72.3 Å². The van der Waals surface area contributed by atoms with Gasteiger partial charge < -0.3 is 24.4 Å². The standard InChI is InChI=1S/C33H28ClFN4O5/c1-42-27-12-6-21(30(16-27)43-2)19-44-33(41)37-28-17-31(40)38(32(28)20-4-3-5-23(34)14-20)26-11-13-29-22(15-26)18-36-39(29)25-9-7-24(35)8-10-25/h3-16,18,28,32H,17,19H2,1-2H3,(H,37,41)/t28-,32+/m1/s1. The van der Waals surface area contributed by atoms with Gasteiger partial charge in [-0.1, -0.05) is 23.7 Å². The summed E-state index contributed by atoms with van der Waals surface area (Å²) < 4.78 is 31.4. The van der Waals surface area contributed by atoms with Crippen LogP contribution in [0, 0.1) is 5.82 Å². The molecule has 5 aromatic rings. The molecular formula is C33H28ClFN4O5. The number of halogens is 2. The summed E-state index contributed by atoms with van der Waals surface area (Å²) in [5.41, 5.74) is 3.55. The summed E-state index contributed by atoms with van der Waals surface area (Å²) in [7, 11) is 3.08. The molecule has 4 aromatic carbocycles. The minimum Gasteiger partial charge on any atom is -0.497 e. The Morgan fingerprint density at radius 2 is 1.80 bits per heavy atom. The minimum absolute atomic E-state index is 0.0417. The third-order valence-electron chi connectivity index (χ3n) is 7.57. The zero-order valence-electron chi connectivity index (χ0n) is 23.9. The van der Waals surface area contributed by atoms with Gasteiger partial charge in [0.25, 0.3) is 0 Å². The van der Waals surface area contributed by atoms with Crippen molar-refractivity contribution in [3.63, 3.8) is 0 Å². The number of hydrogen-bond acceptors (Lipinski definition) is 6. The molecule has 1 saturated heterocycles. The molecule has 0 bridgehead atoms. The molecule has 1 aliphatic heterocycles. The highest BCUT2D eigenvalue weighted by Gasteiger charge is 2.43. The van der Waals surface area contributed by atoms with E-state index in [0.29, 0.717) is 33.5 Å². The van der Waals surface area contributed by atoms with Crippen LogP contribution in [0.4, 0.5) is 14.9 Å². The molecule has 1 N–H and O–H groups in total. The van der Waals surface area contributed by atoms with Gasteiger partial charge in [0, 0.05) is 34.1 Å². The fraction of sp³-hybridized carbons (Fsp3) is 0.182. The first-order valence-electron chi connectivity index (χ1n) is 13.8. The average Bonchev–Trinajstić information content (AvgIpc) is 3.60. The van der Waals surface area contributed by atoms with E-state index in [0.717, 1.165) is 16.5 Å². The third kappa shape index (κ3) is 5.76. The van der Waals surface area contributed by atoms with Crippen molar-refractivity contribution in [2.75, 3.05) is 19.1 Å². The van der Waals surface area contributed by atoms with E-state index in [1.165, 1.54) is 19.2 Å². The first-order valence-corrected chi connectivity index (χ1v) is 14.2. The lowest BCUT2D eigenvalue weighted by Crippen LogP contribution is -2.40. The molecule has 0 radical (unpaired) electrons. The van der Waals surface area contributed by atoms with E-state index in [2.05, 4.69) is 10.4 Å². The second kappa shape index (κ2) is 12.3. The van der Waals surface area contributed by atoms with Gasteiger partial charge in [-0.15, -0.1) is 0 Å². The van der Waals surface area contributed by atoms with Gasteiger partial charge in [-0.2, -0.15) is 5.10 Å². The van der Waals surface area contributed by atoms with Gasteiger partial charge in [0.2, 0.25) is 5.91 Å². The third-order valence-corrected chi connectivity index (χ3v) is 7.81. The van der Waals surface area contributed by atoms with E-state index >= 15 is 0 Å². The Labute approximate surface area is 257 Å². The lowest BCUT2D eigenvalue weighted by atomic mass is 9.99. The SMILES string of the molecule is COc1ccc(COC(=O)N[C@@H]2CC(=O)N(c3ccc4c(cnn4-c4ccc(F)cc4)c3)[C@H]2c2cccc(Cl)c2)c(OC)c1. The van der Waals surface area contributed by atoms with Crippen molar-refractivity contribution in [1.82, 2.24) is 15.1 Å². The predicted molar refractivity (Wildman–Crippen MR) is 164 cm³/mol. The molecule has 1 aliphatic rings. The molecule has 0 spiro atoms. The zero-order chi connectivity index (χ0) is 30.8. The van der Waals surface area contributed by atoms with Crippen LogP contribution < -0.4 is 19.7 Å². The Kier molecular flexibility index (Phi) is 8.08. The van der Waals surface area contributed by atoms with Gasteiger partial charge in [-0.3, -0.25) is 4.79 Å². The molecule has 1 aromatic heterocycles. The van der Waals surface area contributed by atoms with Crippen molar-refractivity contribution in [3.8, 4) is 17.2 Å². The summed E-state index contributed by atoms with van der Waals surface area (Å²) >= 11 is 6.35. The Hall–Kier alpha value is -5.09. The van der Waals surface area contributed by atoms with Gasteiger partial charge in [0.05, 0.1) is 43.7 Å². The fourth-order valence-electron chi connectivity index (χ4n) is 5.51. The molecule has 2 amide bonds. The lowest BCUT2D eigenvalue weighted by Gasteiger charge is -2.29. The Bertz CT molecular complexity index is 1840. The maximum Gasteiger partial charge on any atom is 0.407 e. The number of amides is 2. The van der Waals surface area contributed by atoms with E-state index in [-0.39, 0.29) is 24.8 Å². The van der Waals surface area contributed by atoms with Gasteiger partial charge in [0.15, 0.2) is 0 Å². The second-order valence-corrected chi connectivity index (χ2v) is 10.7. The Morgan fingerprint density at radius 3 is 2.55 bits per heavy atom. The number of anilines is 1. The van der Waals surface area contributed by atoms with Crippen LogP contribution in [-0.2, 0) is 16.1 Å². The summed E-state index contributed by atoms with van der Waals surface area (Å²) in [6.45, 7) is -0.0417. The number of alkyl carbamates (subject to hydrolysis) is 1. The van der Waals surface area contributed by atoms with Crippen molar-refractivity contribution in [3.05, 3.63) is 113 Å². The molecule has 11 heteroatoms. The summed E-state index contributed by atoms with van der Waals surface area (Å²) in [6, 6.07) is 22.9. The molecule has 44 heavy (non-hydrogen) atoms. The van der Waals surface area contributed by atoms with Gasteiger partial charge in [0.1, 0.15) is 23.9 Å². The number of methoxy groups -OCH3 is 2. The van der Waals surface area contributed by atoms with E-state index in [1.807, 2.05) is 24.3 Å². The number of carbonyl (C=O) groups excluding carboxylic acids is 2. The smallest absolute Gasteiger partial charge is 0.407 e. The first-order chi connectivity index (χ1) is 21.3. The maximum absolute atomic E-state index is 13.6. The van der Waals surface area contributed by atoms with Crippen molar-refractivity contribution in [1.29, 1.82) is 0 Å². The number of aromatic nitrogens is 2. The molecule has 2 atom stereocenters. The van der Waals surface area contributed by atoms with Crippen molar-refractivity contribution in [2.45, 2.75) is 25.1 Å². The van der Waals surface area contributed by atoms with Gasteiger partial charge in [-0.25, -0.2) is 13.9 Å².